The van der Waals surface area contributed by atoms with E-state index in [0.29, 0.717) is 18.7 Å². The molecule has 0 unspecified atom stereocenters. The van der Waals surface area contributed by atoms with E-state index in [1.54, 1.807) is 0 Å². The molecule has 0 aromatic heterocycles. The first kappa shape index (κ1) is 10.6. The molecule has 13 heavy (non-hydrogen) atoms. The molecule has 0 spiro atoms. The summed E-state index contributed by atoms with van der Waals surface area (Å²) in [7, 11) is 0. The summed E-state index contributed by atoms with van der Waals surface area (Å²) in [4.78, 5) is 10.5. The summed E-state index contributed by atoms with van der Waals surface area (Å²) in [5.41, 5.74) is 2.20. The second-order valence-electron chi connectivity index (χ2n) is 2.81. The van der Waals surface area contributed by atoms with Gasteiger partial charge in [0.05, 0.1) is 0 Å². The van der Waals surface area contributed by atoms with E-state index in [1.807, 2.05) is 24.3 Å². The fourth-order valence-electron chi connectivity index (χ4n) is 1.04. The van der Waals surface area contributed by atoms with Gasteiger partial charge < -0.3 is 0 Å². The lowest BCUT2D eigenvalue weighted by molar-refractivity contribution is -0.111. The summed E-state index contributed by atoms with van der Waals surface area (Å²) in [6.07, 6.45) is 1.09. The third kappa shape index (κ3) is 3.79. The van der Waals surface area contributed by atoms with Crippen LogP contribution in [0.3, 0.4) is 0 Å². The highest BCUT2D eigenvalue weighted by atomic mass is 35.5. The standard InChI is InChI=1S/C10H10Cl2O/c11-7-9-3-1-8(2-4-9)5-6-10(12)13/h1-4H,5-7H2. The van der Waals surface area contributed by atoms with Crippen molar-refractivity contribution in [2.75, 3.05) is 0 Å². The van der Waals surface area contributed by atoms with Gasteiger partial charge >= 0.3 is 0 Å². The van der Waals surface area contributed by atoms with Gasteiger partial charge in [0, 0.05) is 12.3 Å². The number of benzene rings is 1. The predicted molar refractivity (Wildman–Crippen MR) is 55.2 cm³/mol. The van der Waals surface area contributed by atoms with E-state index >= 15 is 0 Å². The van der Waals surface area contributed by atoms with Gasteiger partial charge in [0.25, 0.3) is 0 Å². The Labute approximate surface area is 87.7 Å². The summed E-state index contributed by atoms with van der Waals surface area (Å²) < 4.78 is 0. The van der Waals surface area contributed by atoms with Gasteiger partial charge in [0.2, 0.25) is 5.24 Å². The van der Waals surface area contributed by atoms with E-state index < -0.39 is 0 Å². The van der Waals surface area contributed by atoms with Gasteiger partial charge in [-0.15, -0.1) is 11.6 Å². The normalized spacial score (nSPS) is 10.0. The molecule has 0 radical (unpaired) electrons. The third-order valence-corrected chi connectivity index (χ3v) is 2.29. The van der Waals surface area contributed by atoms with Crippen LogP contribution in [0.15, 0.2) is 24.3 Å². The van der Waals surface area contributed by atoms with E-state index in [2.05, 4.69) is 0 Å². The van der Waals surface area contributed by atoms with Crippen molar-refractivity contribution in [3.63, 3.8) is 0 Å². The minimum atomic E-state index is -0.290. The van der Waals surface area contributed by atoms with Crippen LogP contribution in [0.2, 0.25) is 0 Å². The number of rotatable bonds is 4. The molecule has 0 amide bonds. The zero-order valence-electron chi connectivity index (χ0n) is 7.09. The van der Waals surface area contributed by atoms with Gasteiger partial charge in [0.15, 0.2) is 0 Å². The molecule has 1 rings (SSSR count). The summed E-state index contributed by atoms with van der Waals surface area (Å²) in [5, 5.41) is -0.290. The summed E-state index contributed by atoms with van der Waals surface area (Å²) in [5.74, 6) is 0.523. The van der Waals surface area contributed by atoms with Crippen LogP contribution in [0.5, 0.6) is 0 Å². The number of halogens is 2. The van der Waals surface area contributed by atoms with Crippen LogP contribution in [0.4, 0.5) is 0 Å². The molecular weight excluding hydrogens is 207 g/mol. The Morgan fingerprint density at radius 2 is 1.69 bits per heavy atom. The van der Waals surface area contributed by atoms with E-state index in [-0.39, 0.29) is 5.24 Å². The summed E-state index contributed by atoms with van der Waals surface area (Å²) in [6.45, 7) is 0. The van der Waals surface area contributed by atoms with E-state index in [1.165, 1.54) is 0 Å². The number of carbonyl (C=O) groups is 1. The first-order chi connectivity index (χ1) is 6.22. The first-order valence-corrected chi connectivity index (χ1v) is 4.95. The maximum absolute atomic E-state index is 10.5. The topological polar surface area (TPSA) is 17.1 Å². The Bertz CT molecular complexity index is 279. The number of alkyl halides is 1. The zero-order chi connectivity index (χ0) is 9.68. The fraction of sp³-hybridized carbons (Fsp3) is 0.300. The van der Waals surface area contributed by atoms with Crippen molar-refractivity contribution >= 4 is 28.4 Å². The number of hydrogen-bond donors (Lipinski definition) is 0. The van der Waals surface area contributed by atoms with Crippen LogP contribution in [0.1, 0.15) is 17.5 Å². The van der Waals surface area contributed by atoms with Crippen LogP contribution < -0.4 is 0 Å². The molecule has 0 atom stereocenters. The van der Waals surface area contributed by atoms with Gasteiger partial charge in [-0.25, -0.2) is 0 Å². The van der Waals surface area contributed by atoms with Gasteiger partial charge in [-0.1, -0.05) is 24.3 Å². The largest absolute Gasteiger partial charge is 0.281 e. The Kier molecular flexibility index (Phi) is 4.26. The number of aryl methyl sites for hydroxylation is 1. The average Bonchev–Trinajstić information content (AvgIpc) is 2.15. The molecule has 0 aliphatic rings. The second kappa shape index (κ2) is 5.25. The van der Waals surface area contributed by atoms with Gasteiger partial charge in [-0.2, -0.15) is 0 Å². The minimum absolute atomic E-state index is 0.290. The quantitative estimate of drug-likeness (QED) is 0.559. The highest BCUT2D eigenvalue weighted by Crippen LogP contribution is 2.09. The SMILES string of the molecule is O=C(Cl)CCc1ccc(CCl)cc1. The highest BCUT2D eigenvalue weighted by molar-refractivity contribution is 6.63. The molecule has 0 bridgehead atoms. The molecule has 0 aliphatic carbocycles. The van der Waals surface area contributed by atoms with Crippen molar-refractivity contribution in [2.24, 2.45) is 0 Å². The fourth-order valence-corrected chi connectivity index (χ4v) is 1.31. The number of carbonyl (C=O) groups excluding carboxylic acids is 1. The molecule has 3 heteroatoms. The molecule has 0 aliphatic heterocycles. The van der Waals surface area contributed by atoms with Crippen LogP contribution in [0.25, 0.3) is 0 Å². The van der Waals surface area contributed by atoms with Crippen molar-refractivity contribution in [1.82, 2.24) is 0 Å². The second-order valence-corrected chi connectivity index (χ2v) is 3.49. The molecule has 0 saturated carbocycles. The third-order valence-electron chi connectivity index (χ3n) is 1.79. The van der Waals surface area contributed by atoms with E-state index in [0.717, 1.165) is 11.1 Å². The smallest absolute Gasteiger partial charge is 0.221 e. The van der Waals surface area contributed by atoms with Gasteiger partial charge in [-0.05, 0) is 29.1 Å². The molecule has 0 N–H and O–H groups in total. The Morgan fingerprint density at radius 1 is 1.15 bits per heavy atom. The van der Waals surface area contributed by atoms with Crippen molar-refractivity contribution in [3.8, 4) is 0 Å². The van der Waals surface area contributed by atoms with E-state index in [9.17, 15) is 4.79 Å². The van der Waals surface area contributed by atoms with Crippen molar-refractivity contribution in [3.05, 3.63) is 35.4 Å². The van der Waals surface area contributed by atoms with Crippen LogP contribution in [-0.4, -0.2) is 5.24 Å². The molecule has 0 saturated heterocycles. The molecule has 1 nitrogen and oxygen atoms in total. The zero-order valence-corrected chi connectivity index (χ0v) is 8.61. The first-order valence-electron chi connectivity index (χ1n) is 4.04. The molecule has 0 fully saturated rings. The van der Waals surface area contributed by atoms with Crippen molar-refractivity contribution in [2.45, 2.75) is 18.7 Å². The lowest BCUT2D eigenvalue weighted by Crippen LogP contribution is -1.91. The Morgan fingerprint density at radius 3 is 2.15 bits per heavy atom. The number of hydrogen-bond acceptors (Lipinski definition) is 1. The molecule has 1 aromatic carbocycles. The Balaban J connectivity index is 2.54. The summed E-state index contributed by atoms with van der Waals surface area (Å²) in [6, 6.07) is 7.86. The van der Waals surface area contributed by atoms with Gasteiger partial charge in [0.1, 0.15) is 0 Å². The van der Waals surface area contributed by atoms with Crippen molar-refractivity contribution in [1.29, 1.82) is 0 Å². The maximum Gasteiger partial charge on any atom is 0.221 e. The monoisotopic (exact) mass is 216 g/mol. The molecule has 1 aromatic rings. The van der Waals surface area contributed by atoms with Crippen molar-refractivity contribution < 1.29 is 4.79 Å². The predicted octanol–water partition coefficient (Wildman–Crippen LogP) is 3.12. The summed E-state index contributed by atoms with van der Waals surface area (Å²) >= 11 is 10.9. The van der Waals surface area contributed by atoms with Gasteiger partial charge in [-0.3, -0.25) is 4.79 Å². The molecule has 0 heterocycles. The average molecular weight is 217 g/mol. The van der Waals surface area contributed by atoms with Crippen LogP contribution >= 0.6 is 23.2 Å². The van der Waals surface area contributed by atoms with E-state index in [4.69, 9.17) is 23.2 Å². The highest BCUT2D eigenvalue weighted by Gasteiger charge is 1.98. The van der Waals surface area contributed by atoms with Crippen LogP contribution in [0, 0.1) is 0 Å². The molecule has 70 valence electrons. The van der Waals surface area contributed by atoms with Crippen LogP contribution in [-0.2, 0) is 17.1 Å². The molecular formula is C10H10Cl2O. The Hall–Kier alpha value is -0.530. The maximum atomic E-state index is 10.5. The lowest BCUT2D eigenvalue weighted by atomic mass is 10.1. The lowest BCUT2D eigenvalue weighted by Gasteiger charge is -1.99. The minimum Gasteiger partial charge on any atom is -0.281 e.